The van der Waals surface area contributed by atoms with Crippen molar-refractivity contribution in [1.29, 1.82) is 0 Å². The van der Waals surface area contributed by atoms with Crippen LogP contribution >= 0.6 is 0 Å². The predicted octanol–water partition coefficient (Wildman–Crippen LogP) is 4.13. The number of carbonyl (C=O) groups excluding carboxylic acids is 2. The molecule has 156 valence electrons. The molecule has 2 N–H and O–H groups in total. The number of nitrogens with one attached hydrogen (secondary N) is 2. The van der Waals surface area contributed by atoms with Crippen molar-refractivity contribution in [3.8, 4) is 0 Å². The summed E-state index contributed by atoms with van der Waals surface area (Å²) in [6.07, 6.45) is -4.51. The minimum Gasteiger partial charge on any atom is -0.326 e. The molecular weight excluding hydrogens is 390 g/mol. The summed E-state index contributed by atoms with van der Waals surface area (Å²) < 4.78 is 51.9. The van der Waals surface area contributed by atoms with Gasteiger partial charge in [-0.05, 0) is 42.9 Å². The van der Waals surface area contributed by atoms with Crippen LogP contribution in [0, 0.1) is 5.82 Å². The van der Waals surface area contributed by atoms with Crippen molar-refractivity contribution in [1.82, 2.24) is 4.90 Å². The van der Waals surface area contributed by atoms with Gasteiger partial charge >= 0.3 is 6.18 Å². The summed E-state index contributed by atoms with van der Waals surface area (Å²) in [5.41, 5.74) is -0.786. The fourth-order valence-electron chi connectivity index (χ4n) is 2.60. The van der Waals surface area contributed by atoms with Crippen LogP contribution in [0.2, 0.25) is 0 Å². The van der Waals surface area contributed by atoms with Gasteiger partial charge in [0.25, 0.3) is 0 Å². The molecule has 0 atom stereocenters. The van der Waals surface area contributed by atoms with Crippen LogP contribution in [0.5, 0.6) is 0 Å². The fraction of sp³-hybridized carbons (Fsp3) is 0.300. The Morgan fingerprint density at radius 2 is 1.62 bits per heavy atom. The van der Waals surface area contributed by atoms with Gasteiger partial charge < -0.3 is 10.6 Å². The molecule has 5 nitrogen and oxygen atoms in total. The maximum atomic E-state index is 13.0. The lowest BCUT2D eigenvalue weighted by molar-refractivity contribution is -0.137. The molecule has 0 saturated carbocycles. The standard InChI is InChI=1S/C20H21F4N3O2/c1-2-27(12-11-18(28)25-15-9-7-14(21)8-10-15)13-19(29)26-17-6-4-3-5-16(17)20(22,23)24/h3-10H,2,11-13H2,1H3,(H,25,28)(H,26,29). The topological polar surface area (TPSA) is 61.4 Å². The van der Waals surface area contributed by atoms with E-state index >= 15 is 0 Å². The van der Waals surface area contributed by atoms with Crippen LogP contribution in [0.4, 0.5) is 28.9 Å². The number of anilines is 2. The largest absolute Gasteiger partial charge is 0.418 e. The first-order valence-electron chi connectivity index (χ1n) is 8.93. The lowest BCUT2D eigenvalue weighted by Gasteiger charge is -2.20. The van der Waals surface area contributed by atoms with E-state index in [-0.39, 0.29) is 31.1 Å². The molecule has 9 heteroatoms. The predicted molar refractivity (Wildman–Crippen MR) is 102 cm³/mol. The minimum atomic E-state index is -4.58. The first kappa shape index (κ1) is 22.4. The molecule has 2 amide bonds. The Morgan fingerprint density at radius 1 is 0.966 bits per heavy atom. The van der Waals surface area contributed by atoms with Gasteiger partial charge in [-0.15, -0.1) is 0 Å². The highest BCUT2D eigenvalue weighted by molar-refractivity contribution is 5.93. The number of amides is 2. The normalized spacial score (nSPS) is 11.4. The summed E-state index contributed by atoms with van der Waals surface area (Å²) in [5, 5.41) is 4.89. The average Bonchev–Trinajstić information content (AvgIpc) is 2.66. The van der Waals surface area contributed by atoms with Crippen molar-refractivity contribution in [2.24, 2.45) is 0 Å². The summed E-state index contributed by atoms with van der Waals surface area (Å²) in [6, 6.07) is 10.0. The van der Waals surface area contributed by atoms with Crippen LogP contribution in [0.25, 0.3) is 0 Å². The molecule has 0 aliphatic carbocycles. The van der Waals surface area contributed by atoms with Gasteiger partial charge in [-0.2, -0.15) is 13.2 Å². The SMILES string of the molecule is CCN(CCC(=O)Nc1ccc(F)cc1)CC(=O)Nc1ccccc1C(F)(F)F. The molecule has 0 aliphatic heterocycles. The van der Waals surface area contributed by atoms with E-state index in [1.165, 1.54) is 42.5 Å². The Kier molecular flexibility index (Phi) is 7.72. The van der Waals surface area contributed by atoms with E-state index in [4.69, 9.17) is 0 Å². The molecule has 2 rings (SSSR count). The van der Waals surface area contributed by atoms with Gasteiger partial charge in [0.15, 0.2) is 0 Å². The van der Waals surface area contributed by atoms with Gasteiger partial charge in [0.05, 0.1) is 17.8 Å². The van der Waals surface area contributed by atoms with Gasteiger partial charge in [-0.1, -0.05) is 19.1 Å². The quantitative estimate of drug-likeness (QED) is 0.642. The van der Waals surface area contributed by atoms with E-state index in [0.717, 1.165) is 6.07 Å². The molecule has 2 aromatic carbocycles. The molecule has 0 aliphatic rings. The Labute approximate surface area is 165 Å². The Morgan fingerprint density at radius 3 is 2.24 bits per heavy atom. The second-order valence-electron chi connectivity index (χ2n) is 6.27. The van der Waals surface area contributed by atoms with Crippen LogP contribution in [-0.2, 0) is 15.8 Å². The lowest BCUT2D eigenvalue weighted by Crippen LogP contribution is -2.35. The number of carbonyl (C=O) groups is 2. The summed E-state index contributed by atoms with van der Waals surface area (Å²) in [7, 11) is 0. The van der Waals surface area contributed by atoms with E-state index in [2.05, 4.69) is 10.6 Å². The van der Waals surface area contributed by atoms with Crippen molar-refractivity contribution in [2.45, 2.75) is 19.5 Å². The lowest BCUT2D eigenvalue weighted by atomic mass is 10.1. The number of nitrogens with zero attached hydrogens (tertiary/aromatic N) is 1. The monoisotopic (exact) mass is 411 g/mol. The first-order valence-corrected chi connectivity index (χ1v) is 8.93. The number of benzene rings is 2. The number of hydrogen-bond donors (Lipinski definition) is 2. The highest BCUT2D eigenvalue weighted by atomic mass is 19.4. The smallest absolute Gasteiger partial charge is 0.326 e. The second kappa shape index (κ2) is 10.0. The van der Waals surface area contributed by atoms with Gasteiger partial charge in [-0.25, -0.2) is 4.39 Å². The molecule has 0 saturated heterocycles. The van der Waals surface area contributed by atoms with Gasteiger partial charge in [0, 0.05) is 18.7 Å². The van der Waals surface area contributed by atoms with Crippen LogP contribution in [-0.4, -0.2) is 36.3 Å². The fourth-order valence-corrected chi connectivity index (χ4v) is 2.60. The molecule has 0 fully saturated rings. The number of hydrogen-bond acceptors (Lipinski definition) is 3. The van der Waals surface area contributed by atoms with Gasteiger partial charge in [0.1, 0.15) is 5.82 Å². The molecular formula is C20H21F4N3O2. The average molecular weight is 411 g/mol. The van der Waals surface area contributed by atoms with Crippen molar-refractivity contribution in [3.63, 3.8) is 0 Å². The van der Waals surface area contributed by atoms with Gasteiger partial charge in [-0.3, -0.25) is 14.5 Å². The highest BCUT2D eigenvalue weighted by Gasteiger charge is 2.33. The highest BCUT2D eigenvalue weighted by Crippen LogP contribution is 2.34. The summed E-state index contributed by atoms with van der Waals surface area (Å²) in [6.45, 7) is 2.28. The summed E-state index contributed by atoms with van der Waals surface area (Å²) in [5.74, 6) is -1.35. The van der Waals surface area contributed by atoms with Gasteiger partial charge in [0.2, 0.25) is 11.8 Å². The number of para-hydroxylation sites is 1. The molecule has 0 aromatic heterocycles. The van der Waals surface area contributed by atoms with E-state index in [9.17, 15) is 27.2 Å². The van der Waals surface area contributed by atoms with Crippen LogP contribution in [0.15, 0.2) is 48.5 Å². The van der Waals surface area contributed by atoms with Crippen molar-refractivity contribution in [3.05, 3.63) is 59.9 Å². The van der Waals surface area contributed by atoms with Crippen LogP contribution in [0.3, 0.4) is 0 Å². The molecule has 0 bridgehead atoms. The number of halogens is 4. The van der Waals surface area contributed by atoms with Crippen LogP contribution in [0.1, 0.15) is 18.9 Å². The molecule has 0 unspecified atom stereocenters. The number of alkyl halides is 3. The maximum Gasteiger partial charge on any atom is 0.418 e. The zero-order valence-corrected chi connectivity index (χ0v) is 15.7. The summed E-state index contributed by atoms with van der Waals surface area (Å²) in [4.78, 5) is 25.8. The summed E-state index contributed by atoms with van der Waals surface area (Å²) >= 11 is 0. The number of rotatable bonds is 8. The van der Waals surface area contributed by atoms with Crippen molar-refractivity contribution in [2.75, 3.05) is 30.3 Å². The van der Waals surface area contributed by atoms with E-state index in [1.807, 2.05) is 0 Å². The zero-order chi connectivity index (χ0) is 21.4. The Hall–Kier alpha value is -2.94. The van der Waals surface area contributed by atoms with Crippen molar-refractivity contribution >= 4 is 23.2 Å². The third-order valence-corrected chi connectivity index (χ3v) is 4.10. The van der Waals surface area contributed by atoms with Crippen LogP contribution < -0.4 is 10.6 Å². The maximum absolute atomic E-state index is 13.0. The van der Waals surface area contributed by atoms with E-state index < -0.39 is 23.5 Å². The van der Waals surface area contributed by atoms with E-state index in [0.29, 0.717) is 12.2 Å². The Balaban J connectivity index is 1.87. The zero-order valence-electron chi connectivity index (χ0n) is 15.7. The Bertz CT molecular complexity index is 838. The van der Waals surface area contributed by atoms with Crippen molar-refractivity contribution < 1.29 is 27.2 Å². The molecule has 0 heterocycles. The minimum absolute atomic E-state index is 0.0671. The third kappa shape index (κ3) is 7.19. The molecule has 2 aromatic rings. The molecule has 0 radical (unpaired) electrons. The third-order valence-electron chi connectivity index (χ3n) is 4.10. The molecule has 29 heavy (non-hydrogen) atoms. The first-order chi connectivity index (χ1) is 13.7. The molecule has 0 spiro atoms. The van der Waals surface area contributed by atoms with E-state index in [1.54, 1.807) is 11.8 Å². The second-order valence-corrected chi connectivity index (χ2v) is 6.27. The number of likely N-dealkylation sites (N-methyl/N-ethyl adjacent to an activating group) is 1.